The SMILES string of the molecule is CCCC[C@H](CC)C(=O)N(CCCOCC)Cc1nc(C(=O)OCC)cs1. The lowest BCUT2D eigenvalue weighted by atomic mass is 9.97. The van der Waals surface area contributed by atoms with Gasteiger partial charge in [-0.15, -0.1) is 11.3 Å². The first kappa shape index (κ1) is 23.6. The number of unbranched alkanes of at least 4 members (excludes halogenated alkanes) is 1. The summed E-state index contributed by atoms with van der Waals surface area (Å²) in [7, 11) is 0. The van der Waals surface area contributed by atoms with Crippen molar-refractivity contribution < 1.29 is 19.1 Å². The van der Waals surface area contributed by atoms with Gasteiger partial charge in [0.2, 0.25) is 5.91 Å². The Morgan fingerprint density at radius 2 is 1.96 bits per heavy atom. The third-order valence-corrected chi connectivity index (χ3v) is 5.18. The second-order valence-electron chi connectivity index (χ2n) is 6.40. The van der Waals surface area contributed by atoms with Gasteiger partial charge in [0.05, 0.1) is 13.2 Å². The maximum atomic E-state index is 13.1. The molecule has 1 amide bonds. The molecule has 7 heteroatoms. The van der Waals surface area contributed by atoms with E-state index in [0.717, 1.165) is 37.1 Å². The topological polar surface area (TPSA) is 68.7 Å². The van der Waals surface area contributed by atoms with E-state index in [1.54, 1.807) is 12.3 Å². The minimum atomic E-state index is -0.413. The summed E-state index contributed by atoms with van der Waals surface area (Å²) in [5.74, 6) is -0.194. The summed E-state index contributed by atoms with van der Waals surface area (Å²) >= 11 is 1.39. The summed E-state index contributed by atoms with van der Waals surface area (Å²) in [6.45, 7) is 10.6. The molecule has 1 heterocycles. The maximum Gasteiger partial charge on any atom is 0.357 e. The largest absolute Gasteiger partial charge is 0.461 e. The fourth-order valence-corrected chi connectivity index (χ4v) is 3.60. The van der Waals surface area contributed by atoms with Crippen LogP contribution in [0.25, 0.3) is 0 Å². The van der Waals surface area contributed by atoms with Crippen LogP contribution in [-0.4, -0.2) is 48.1 Å². The van der Waals surface area contributed by atoms with Crippen molar-refractivity contribution in [2.45, 2.75) is 66.3 Å². The fourth-order valence-electron chi connectivity index (χ4n) is 2.83. The molecule has 27 heavy (non-hydrogen) atoms. The van der Waals surface area contributed by atoms with E-state index in [0.29, 0.717) is 38.6 Å². The Hall–Kier alpha value is -1.47. The van der Waals surface area contributed by atoms with Gasteiger partial charge in [-0.1, -0.05) is 26.7 Å². The molecule has 0 aromatic carbocycles. The second-order valence-corrected chi connectivity index (χ2v) is 7.35. The van der Waals surface area contributed by atoms with Gasteiger partial charge in [0.25, 0.3) is 0 Å². The number of hydrogen-bond acceptors (Lipinski definition) is 6. The lowest BCUT2D eigenvalue weighted by molar-refractivity contribution is -0.136. The number of aromatic nitrogens is 1. The lowest BCUT2D eigenvalue weighted by Gasteiger charge is -2.26. The molecule has 1 aromatic heterocycles. The smallest absolute Gasteiger partial charge is 0.357 e. The molecule has 0 saturated carbocycles. The van der Waals surface area contributed by atoms with Crippen LogP contribution in [-0.2, 0) is 20.8 Å². The number of carbonyl (C=O) groups is 2. The summed E-state index contributed by atoms with van der Waals surface area (Å²) in [5, 5.41) is 2.46. The predicted octanol–water partition coefficient (Wildman–Crippen LogP) is 4.29. The summed E-state index contributed by atoms with van der Waals surface area (Å²) in [6.07, 6.45) is 4.69. The van der Waals surface area contributed by atoms with Crippen LogP contribution in [0.15, 0.2) is 5.38 Å². The molecule has 0 bridgehead atoms. The van der Waals surface area contributed by atoms with E-state index >= 15 is 0 Å². The van der Waals surface area contributed by atoms with Crippen LogP contribution in [0.3, 0.4) is 0 Å². The van der Waals surface area contributed by atoms with Gasteiger partial charge in [-0.3, -0.25) is 4.79 Å². The molecule has 1 aromatic rings. The Morgan fingerprint density at radius 1 is 1.19 bits per heavy atom. The first-order valence-corrected chi connectivity index (χ1v) is 10.9. The Kier molecular flexibility index (Phi) is 11.9. The molecule has 154 valence electrons. The lowest BCUT2D eigenvalue weighted by Crippen LogP contribution is -2.36. The highest BCUT2D eigenvalue weighted by atomic mass is 32.1. The Bertz CT molecular complexity index is 562. The normalized spacial score (nSPS) is 12.0. The monoisotopic (exact) mass is 398 g/mol. The molecule has 0 aliphatic heterocycles. The average Bonchev–Trinajstić information content (AvgIpc) is 3.13. The molecule has 0 fully saturated rings. The van der Waals surface area contributed by atoms with Crippen LogP contribution in [0.5, 0.6) is 0 Å². The van der Waals surface area contributed by atoms with Crippen molar-refractivity contribution in [2.75, 3.05) is 26.4 Å². The van der Waals surface area contributed by atoms with Gasteiger partial charge in [0.15, 0.2) is 5.69 Å². The summed E-state index contributed by atoms with van der Waals surface area (Å²) in [6, 6.07) is 0. The van der Waals surface area contributed by atoms with Crippen molar-refractivity contribution in [1.82, 2.24) is 9.88 Å². The van der Waals surface area contributed by atoms with Gasteiger partial charge in [0.1, 0.15) is 5.01 Å². The molecule has 0 unspecified atom stereocenters. The van der Waals surface area contributed by atoms with E-state index in [1.807, 2.05) is 11.8 Å². The van der Waals surface area contributed by atoms with Crippen LogP contribution >= 0.6 is 11.3 Å². The van der Waals surface area contributed by atoms with Crippen LogP contribution in [0.2, 0.25) is 0 Å². The molecule has 1 rings (SSSR count). The van der Waals surface area contributed by atoms with Gasteiger partial charge >= 0.3 is 5.97 Å². The predicted molar refractivity (Wildman–Crippen MR) is 108 cm³/mol. The minimum Gasteiger partial charge on any atom is -0.461 e. The third kappa shape index (κ3) is 8.39. The Morgan fingerprint density at radius 3 is 2.59 bits per heavy atom. The number of amides is 1. The van der Waals surface area contributed by atoms with Crippen molar-refractivity contribution in [3.8, 4) is 0 Å². The number of thiazole rings is 1. The van der Waals surface area contributed by atoms with Gasteiger partial charge in [-0.25, -0.2) is 9.78 Å². The first-order chi connectivity index (χ1) is 13.1. The zero-order valence-corrected chi connectivity index (χ0v) is 18.0. The van der Waals surface area contributed by atoms with E-state index in [1.165, 1.54) is 11.3 Å². The second kappa shape index (κ2) is 13.7. The molecular weight excluding hydrogens is 364 g/mol. The summed E-state index contributed by atoms with van der Waals surface area (Å²) < 4.78 is 10.4. The molecule has 0 aliphatic rings. The quantitative estimate of drug-likeness (QED) is 0.345. The first-order valence-electron chi connectivity index (χ1n) is 10.0. The zero-order chi connectivity index (χ0) is 20.1. The number of carbonyl (C=O) groups excluding carboxylic acids is 2. The molecule has 6 nitrogen and oxygen atoms in total. The summed E-state index contributed by atoms with van der Waals surface area (Å²) in [5.41, 5.74) is 0.316. The Balaban J connectivity index is 2.80. The third-order valence-electron chi connectivity index (χ3n) is 4.34. The highest BCUT2D eigenvalue weighted by Gasteiger charge is 2.24. The van der Waals surface area contributed by atoms with Crippen LogP contribution in [0, 0.1) is 5.92 Å². The number of rotatable bonds is 14. The van der Waals surface area contributed by atoms with E-state index in [-0.39, 0.29) is 11.8 Å². The zero-order valence-electron chi connectivity index (χ0n) is 17.2. The number of hydrogen-bond donors (Lipinski definition) is 0. The molecule has 0 N–H and O–H groups in total. The highest BCUT2D eigenvalue weighted by Crippen LogP contribution is 2.20. The van der Waals surface area contributed by atoms with Crippen LogP contribution < -0.4 is 0 Å². The van der Waals surface area contributed by atoms with Gasteiger partial charge < -0.3 is 14.4 Å². The van der Waals surface area contributed by atoms with E-state index in [9.17, 15) is 9.59 Å². The van der Waals surface area contributed by atoms with E-state index < -0.39 is 5.97 Å². The highest BCUT2D eigenvalue weighted by molar-refractivity contribution is 7.09. The van der Waals surface area contributed by atoms with Crippen molar-refractivity contribution >= 4 is 23.2 Å². The number of esters is 1. The van der Waals surface area contributed by atoms with Gasteiger partial charge in [-0.2, -0.15) is 0 Å². The van der Waals surface area contributed by atoms with E-state index in [2.05, 4.69) is 18.8 Å². The maximum absolute atomic E-state index is 13.1. The van der Waals surface area contributed by atoms with Crippen LogP contribution in [0.1, 0.15) is 75.3 Å². The van der Waals surface area contributed by atoms with Crippen molar-refractivity contribution in [1.29, 1.82) is 0 Å². The fraction of sp³-hybridized carbons (Fsp3) is 0.750. The Labute approximate surface area is 167 Å². The molecule has 0 aliphatic carbocycles. The van der Waals surface area contributed by atoms with Crippen molar-refractivity contribution in [3.63, 3.8) is 0 Å². The van der Waals surface area contributed by atoms with Crippen LogP contribution in [0.4, 0.5) is 0 Å². The molecule has 0 saturated heterocycles. The molecule has 1 atom stereocenters. The standard InChI is InChI=1S/C20H34N2O4S/c1-5-9-11-16(6-2)19(23)22(12-10-13-25-7-3)14-18-21-17(15-27-18)20(24)26-8-4/h15-16H,5-14H2,1-4H3/t16-/m0/s1. The van der Waals surface area contributed by atoms with Crippen molar-refractivity contribution in [3.05, 3.63) is 16.1 Å². The van der Waals surface area contributed by atoms with Gasteiger partial charge in [-0.05, 0) is 33.1 Å². The minimum absolute atomic E-state index is 0.0431. The number of ether oxygens (including phenoxy) is 2. The van der Waals surface area contributed by atoms with Gasteiger partial charge in [0, 0.05) is 31.1 Å². The molecule has 0 spiro atoms. The van der Waals surface area contributed by atoms with E-state index in [4.69, 9.17) is 9.47 Å². The van der Waals surface area contributed by atoms with Crippen molar-refractivity contribution in [2.24, 2.45) is 5.92 Å². The molecule has 0 radical (unpaired) electrons. The summed E-state index contributed by atoms with van der Waals surface area (Å²) in [4.78, 5) is 31.1. The average molecular weight is 399 g/mol. The number of nitrogens with zero attached hydrogens (tertiary/aromatic N) is 2. The molecular formula is C20H34N2O4S.